The van der Waals surface area contributed by atoms with E-state index in [1.54, 1.807) is 0 Å². The minimum Gasteiger partial charge on any atom is -0.330 e. The third-order valence-electron chi connectivity index (χ3n) is 1.82. The van der Waals surface area contributed by atoms with Crippen LogP contribution in [0.15, 0.2) is 0 Å². The van der Waals surface area contributed by atoms with Crippen molar-refractivity contribution in [1.82, 2.24) is 0 Å². The number of hydrogen-bond donors (Lipinski definition) is 0. The molecule has 0 aliphatic heterocycles. The van der Waals surface area contributed by atoms with Gasteiger partial charge < -0.3 is 4.48 Å². The molecule has 102 valence electrons. The second-order valence-electron chi connectivity index (χ2n) is 4.71. The standard InChI is InChI=1S/C21H14N/c1-5-6-7-8-9-10-11-12-13-14-15-16-17-18-19-20-21-22(2,3)4/h1H,20-21H2,2-4H3/q+1. The van der Waals surface area contributed by atoms with E-state index in [-0.39, 0.29) is 0 Å². The van der Waals surface area contributed by atoms with Gasteiger partial charge in [0, 0.05) is 0 Å². The Morgan fingerprint density at radius 2 is 0.955 bits per heavy atom. The lowest BCUT2D eigenvalue weighted by molar-refractivity contribution is -0.869. The van der Waals surface area contributed by atoms with E-state index in [1.807, 2.05) is 0 Å². The molecular formula is C21H14N+. The fourth-order valence-electron chi connectivity index (χ4n) is 0.878. The van der Waals surface area contributed by atoms with E-state index in [4.69, 9.17) is 6.42 Å². The number of hydrogen-bond acceptors (Lipinski definition) is 0. The van der Waals surface area contributed by atoms with E-state index >= 15 is 0 Å². The molecule has 0 spiro atoms. The summed E-state index contributed by atoms with van der Waals surface area (Å²) in [6, 6.07) is 0. The van der Waals surface area contributed by atoms with Crippen molar-refractivity contribution in [3.05, 3.63) is 0 Å². The van der Waals surface area contributed by atoms with Crippen LogP contribution in [-0.2, 0) is 0 Å². The lowest BCUT2D eigenvalue weighted by Gasteiger charge is -2.22. The Morgan fingerprint density at radius 1 is 0.591 bits per heavy atom. The lowest BCUT2D eigenvalue weighted by Crippen LogP contribution is -2.34. The van der Waals surface area contributed by atoms with Crippen LogP contribution in [0.4, 0.5) is 0 Å². The highest BCUT2D eigenvalue weighted by atomic mass is 15.3. The zero-order valence-electron chi connectivity index (χ0n) is 12.9. The van der Waals surface area contributed by atoms with Crippen LogP contribution in [0.2, 0.25) is 0 Å². The molecular weight excluding hydrogens is 266 g/mol. The molecule has 0 aliphatic carbocycles. The first kappa shape index (κ1) is 18.4. The molecule has 0 heterocycles. The second-order valence-corrected chi connectivity index (χ2v) is 4.71. The molecule has 22 heavy (non-hydrogen) atoms. The maximum atomic E-state index is 4.91. The van der Waals surface area contributed by atoms with Gasteiger partial charge in [-0.05, 0) is 82.9 Å². The third kappa shape index (κ3) is 16.4. The molecule has 0 saturated heterocycles. The first-order valence-corrected chi connectivity index (χ1v) is 6.30. The fourth-order valence-corrected chi connectivity index (χ4v) is 0.878. The minimum atomic E-state index is 0.813. The summed E-state index contributed by atoms with van der Waals surface area (Å²) in [4.78, 5) is 0. The highest BCUT2D eigenvalue weighted by Gasteiger charge is 2.02. The molecule has 0 bridgehead atoms. The summed E-state index contributed by atoms with van der Waals surface area (Å²) in [5, 5.41) is 0. The highest BCUT2D eigenvalue weighted by molar-refractivity contribution is 5.45. The predicted octanol–water partition coefficient (Wildman–Crippen LogP) is 0.740. The Bertz CT molecular complexity index is 852. The normalized spacial score (nSPS) is 6.45. The van der Waals surface area contributed by atoms with Crippen molar-refractivity contribution in [3.8, 4) is 95.2 Å². The van der Waals surface area contributed by atoms with Gasteiger partial charge >= 0.3 is 0 Å². The van der Waals surface area contributed by atoms with Gasteiger partial charge in [0.25, 0.3) is 0 Å². The van der Waals surface area contributed by atoms with Crippen molar-refractivity contribution in [2.45, 2.75) is 6.42 Å². The Labute approximate surface area is 134 Å². The van der Waals surface area contributed by atoms with E-state index in [0.29, 0.717) is 0 Å². The van der Waals surface area contributed by atoms with Gasteiger partial charge in [0.1, 0.15) is 0 Å². The topological polar surface area (TPSA) is 0 Å². The van der Waals surface area contributed by atoms with E-state index in [9.17, 15) is 0 Å². The second kappa shape index (κ2) is 12.5. The molecule has 0 fully saturated rings. The minimum absolute atomic E-state index is 0.813. The van der Waals surface area contributed by atoms with Crippen LogP contribution in [-0.4, -0.2) is 32.2 Å². The average molecular weight is 280 g/mol. The molecule has 1 heteroatoms. The highest BCUT2D eigenvalue weighted by Crippen LogP contribution is 1.90. The monoisotopic (exact) mass is 280 g/mol. The largest absolute Gasteiger partial charge is 0.330 e. The van der Waals surface area contributed by atoms with Crippen LogP contribution in [0.25, 0.3) is 0 Å². The van der Waals surface area contributed by atoms with Crippen molar-refractivity contribution >= 4 is 0 Å². The summed E-state index contributed by atoms with van der Waals surface area (Å²) < 4.78 is 0.888. The lowest BCUT2D eigenvalue weighted by atomic mass is 10.3. The van der Waals surface area contributed by atoms with Gasteiger partial charge in [-0.2, -0.15) is 0 Å². The molecule has 0 radical (unpaired) electrons. The molecule has 0 unspecified atom stereocenters. The van der Waals surface area contributed by atoms with Crippen molar-refractivity contribution in [2.75, 3.05) is 27.7 Å². The van der Waals surface area contributed by atoms with E-state index in [0.717, 1.165) is 17.4 Å². The van der Waals surface area contributed by atoms with Gasteiger partial charge in [-0.25, -0.2) is 0 Å². The van der Waals surface area contributed by atoms with Gasteiger partial charge in [0.2, 0.25) is 0 Å². The first-order chi connectivity index (χ1) is 10.6. The van der Waals surface area contributed by atoms with Crippen LogP contribution in [0.3, 0.4) is 0 Å². The maximum absolute atomic E-state index is 4.91. The van der Waals surface area contributed by atoms with Crippen molar-refractivity contribution in [3.63, 3.8) is 0 Å². The van der Waals surface area contributed by atoms with Crippen LogP contribution >= 0.6 is 0 Å². The van der Waals surface area contributed by atoms with Crippen LogP contribution in [0, 0.1) is 95.2 Å². The van der Waals surface area contributed by atoms with E-state index in [2.05, 4.69) is 110 Å². The number of rotatable bonds is 2. The van der Waals surface area contributed by atoms with Crippen molar-refractivity contribution < 1.29 is 4.48 Å². The quantitative estimate of drug-likeness (QED) is 0.517. The van der Waals surface area contributed by atoms with Gasteiger partial charge in [0.05, 0.1) is 34.1 Å². The third-order valence-corrected chi connectivity index (χ3v) is 1.82. The summed E-state index contributed by atoms with van der Waals surface area (Å²) in [6.07, 6.45) is 5.73. The van der Waals surface area contributed by atoms with Crippen LogP contribution < -0.4 is 0 Å². The number of nitrogens with zero attached hydrogens (tertiary/aromatic N) is 1. The zero-order chi connectivity index (χ0) is 16.5. The molecule has 0 saturated carbocycles. The Balaban J connectivity index is 4.21. The molecule has 0 aromatic carbocycles. The van der Waals surface area contributed by atoms with E-state index in [1.165, 1.54) is 0 Å². The Morgan fingerprint density at radius 3 is 1.32 bits per heavy atom. The SMILES string of the molecule is C#CC#CC#CC#CC#CC#CC#CC#CCC[N+](C)(C)C. The summed E-state index contributed by atoms with van der Waals surface area (Å²) >= 11 is 0. The van der Waals surface area contributed by atoms with Gasteiger partial charge in [-0.15, -0.1) is 6.42 Å². The summed E-state index contributed by atoms with van der Waals surface area (Å²) in [6.45, 7) is 0.988. The molecule has 0 N–H and O–H groups in total. The summed E-state index contributed by atoms with van der Waals surface area (Å²) in [5.74, 6) is 38.0. The van der Waals surface area contributed by atoms with Crippen molar-refractivity contribution in [2.24, 2.45) is 0 Å². The molecule has 0 rings (SSSR count). The number of terminal acetylenes is 1. The smallest absolute Gasteiger partial charge is 0.0891 e. The first-order valence-electron chi connectivity index (χ1n) is 6.30. The van der Waals surface area contributed by atoms with Crippen LogP contribution in [0.1, 0.15) is 6.42 Å². The van der Waals surface area contributed by atoms with Gasteiger partial charge in [0.15, 0.2) is 0 Å². The molecule has 1 nitrogen and oxygen atoms in total. The molecule has 0 aliphatic rings. The van der Waals surface area contributed by atoms with Crippen LogP contribution in [0.5, 0.6) is 0 Å². The summed E-state index contributed by atoms with van der Waals surface area (Å²) in [5.41, 5.74) is 0. The number of quaternary nitrogens is 1. The molecule has 0 aromatic heterocycles. The van der Waals surface area contributed by atoms with Gasteiger partial charge in [-0.3, -0.25) is 0 Å². The maximum Gasteiger partial charge on any atom is 0.0891 e. The zero-order valence-corrected chi connectivity index (χ0v) is 12.9. The molecule has 0 amide bonds. The Hall–Kier alpha value is -3.56. The predicted molar refractivity (Wildman–Crippen MR) is 90.8 cm³/mol. The fraction of sp³-hybridized carbons (Fsp3) is 0.238. The Kier molecular flexibility index (Phi) is 10.5. The van der Waals surface area contributed by atoms with Gasteiger partial charge in [-0.1, -0.05) is 5.92 Å². The molecule has 0 atom stereocenters. The van der Waals surface area contributed by atoms with E-state index < -0.39 is 0 Å². The molecule has 0 aromatic rings. The van der Waals surface area contributed by atoms with Crippen molar-refractivity contribution in [1.29, 1.82) is 0 Å². The average Bonchev–Trinajstić information content (AvgIpc) is 2.45. The summed E-state index contributed by atoms with van der Waals surface area (Å²) in [7, 11) is 6.37.